The Bertz CT molecular complexity index is 1200. The van der Waals surface area contributed by atoms with E-state index in [9.17, 15) is 4.79 Å². The second kappa shape index (κ2) is 12.1. The third-order valence-corrected chi connectivity index (χ3v) is 7.09. The molecule has 0 fully saturated rings. The Kier molecular flexibility index (Phi) is 8.66. The second-order valence-electron chi connectivity index (χ2n) is 7.72. The Labute approximate surface area is 222 Å². The highest BCUT2D eigenvalue weighted by Crippen LogP contribution is 2.25. The number of hydrogen-bond acceptors (Lipinski definition) is 3. The minimum Gasteiger partial charge on any atom is -0.459 e. The van der Waals surface area contributed by atoms with Crippen LogP contribution in [0.15, 0.2) is 119 Å². The van der Waals surface area contributed by atoms with E-state index in [2.05, 4.69) is 38.5 Å². The number of hydrogen-bond donors (Lipinski definition) is 0. The van der Waals surface area contributed by atoms with Crippen molar-refractivity contribution in [2.24, 2.45) is 4.99 Å². The second-order valence-corrected chi connectivity index (χ2v) is 9.74. The van der Waals surface area contributed by atoms with Crippen molar-refractivity contribution < 1.29 is 9.53 Å². The molecule has 0 saturated heterocycles. The van der Waals surface area contributed by atoms with Crippen LogP contribution < -0.4 is 0 Å². The summed E-state index contributed by atoms with van der Waals surface area (Å²) in [6, 6.07) is 34.9. The number of ether oxygens (including phenoxy) is 1. The summed E-state index contributed by atoms with van der Waals surface area (Å²) in [6.07, 6.45) is 0.427. The van der Waals surface area contributed by atoms with E-state index in [1.165, 1.54) is 0 Å². The molecule has 170 valence electrons. The number of nitrogens with zero attached hydrogens (tertiary/aromatic N) is 1. The summed E-state index contributed by atoms with van der Waals surface area (Å²) >= 11 is 5.95. The van der Waals surface area contributed by atoms with Gasteiger partial charge in [0.1, 0.15) is 6.61 Å². The van der Waals surface area contributed by atoms with Gasteiger partial charge in [0.2, 0.25) is 0 Å². The highest BCUT2D eigenvalue weighted by atomic mass is 127. The van der Waals surface area contributed by atoms with E-state index in [1.54, 1.807) is 0 Å². The molecule has 0 aliphatic carbocycles. The molecule has 5 heteroatoms. The van der Waals surface area contributed by atoms with Crippen LogP contribution in [0.2, 0.25) is 0 Å². The third kappa shape index (κ3) is 6.42. The molecule has 4 aromatic carbocycles. The standard InChI is InChI=1S/C29H23BrINO2/c30-25-17-10-18-26(31)24(25)19-27(29(33)34-20-21-11-4-1-5-12-21)32-28(22-13-6-2-7-14-22)23-15-8-3-9-16-23/h1-18,27H,19-20H2. The minimum atomic E-state index is -0.702. The first kappa shape index (κ1) is 24.4. The lowest BCUT2D eigenvalue weighted by molar-refractivity contribution is -0.146. The van der Waals surface area contributed by atoms with E-state index in [0.717, 1.165) is 36.0 Å². The zero-order valence-electron chi connectivity index (χ0n) is 18.4. The van der Waals surface area contributed by atoms with Crippen LogP contribution in [-0.4, -0.2) is 17.7 Å². The molecule has 0 aliphatic rings. The van der Waals surface area contributed by atoms with Gasteiger partial charge in [0.25, 0.3) is 0 Å². The first-order chi connectivity index (χ1) is 16.6. The van der Waals surface area contributed by atoms with Gasteiger partial charge in [-0.15, -0.1) is 0 Å². The maximum atomic E-state index is 13.4. The smallest absolute Gasteiger partial charge is 0.331 e. The summed E-state index contributed by atoms with van der Waals surface area (Å²) in [7, 11) is 0. The van der Waals surface area contributed by atoms with E-state index in [0.29, 0.717) is 6.42 Å². The molecule has 1 unspecified atom stereocenters. The van der Waals surface area contributed by atoms with E-state index in [1.807, 2.05) is 109 Å². The van der Waals surface area contributed by atoms with E-state index >= 15 is 0 Å². The van der Waals surface area contributed by atoms with Crippen LogP contribution in [0, 0.1) is 3.57 Å². The SMILES string of the molecule is O=C(OCc1ccccc1)C(Cc1c(Br)cccc1I)N=C(c1ccccc1)c1ccccc1. The number of carbonyl (C=O) groups is 1. The van der Waals surface area contributed by atoms with Crippen molar-refractivity contribution in [3.63, 3.8) is 0 Å². The van der Waals surface area contributed by atoms with Crippen LogP contribution in [0.25, 0.3) is 0 Å². The average Bonchev–Trinajstić information content (AvgIpc) is 2.88. The lowest BCUT2D eigenvalue weighted by Gasteiger charge is -2.17. The van der Waals surface area contributed by atoms with E-state index in [-0.39, 0.29) is 12.6 Å². The Morgan fingerprint density at radius 2 is 1.35 bits per heavy atom. The number of halogens is 2. The van der Waals surface area contributed by atoms with Crippen molar-refractivity contribution in [3.05, 3.63) is 139 Å². The largest absolute Gasteiger partial charge is 0.459 e. The van der Waals surface area contributed by atoms with E-state index in [4.69, 9.17) is 9.73 Å². The van der Waals surface area contributed by atoms with Gasteiger partial charge in [0, 0.05) is 25.6 Å². The van der Waals surface area contributed by atoms with Crippen LogP contribution in [0.4, 0.5) is 0 Å². The summed E-state index contributed by atoms with van der Waals surface area (Å²) in [6.45, 7) is 0.213. The molecule has 0 aromatic heterocycles. The molecule has 4 aromatic rings. The number of carbonyl (C=O) groups excluding carboxylic acids is 1. The normalized spacial score (nSPS) is 11.5. The summed E-state index contributed by atoms with van der Waals surface area (Å²) in [4.78, 5) is 18.4. The first-order valence-corrected chi connectivity index (χ1v) is 12.8. The molecule has 4 rings (SSSR count). The van der Waals surface area contributed by atoms with Gasteiger partial charge < -0.3 is 4.74 Å². The zero-order chi connectivity index (χ0) is 23.8. The van der Waals surface area contributed by atoms with Crippen LogP contribution in [0.3, 0.4) is 0 Å². The molecular weight excluding hydrogens is 601 g/mol. The highest BCUT2D eigenvalue weighted by Gasteiger charge is 2.24. The van der Waals surface area contributed by atoms with Crippen molar-refractivity contribution in [2.45, 2.75) is 19.1 Å². The number of rotatable bonds is 8. The molecular formula is C29H23BrINO2. The van der Waals surface area contributed by atoms with Gasteiger partial charge >= 0.3 is 5.97 Å². The van der Waals surface area contributed by atoms with Gasteiger partial charge in [-0.2, -0.15) is 0 Å². The molecule has 34 heavy (non-hydrogen) atoms. The molecule has 1 atom stereocenters. The predicted molar refractivity (Wildman–Crippen MR) is 149 cm³/mol. The Morgan fingerprint density at radius 1 is 0.794 bits per heavy atom. The maximum absolute atomic E-state index is 13.4. The minimum absolute atomic E-state index is 0.213. The monoisotopic (exact) mass is 623 g/mol. The number of esters is 1. The van der Waals surface area contributed by atoms with Gasteiger partial charge in [-0.05, 0) is 45.9 Å². The summed E-state index contributed by atoms with van der Waals surface area (Å²) < 4.78 is 7.78. The fraction of sp³-hybridized carbons (Fsp3) is 0.103. The third-order valence-electron chi connectivity index (χ3n) is 5.33. The summed E-state index contributed by atoms with van der Waals surface area (Å²) in [5.74, 6) is -0.347. The lowest BCUT2D eigenvalue weighted by atomic mass is 10.0. The fourth-order valence-corrected chi connectivity index (χ4v) is 5.21. The summed E-state index contributed by atoms with van der Waals surface area (Å²) in [5.41, 5.74) is 4.66. The van der Waals surface area contributed by atoms with E-state index < -0.39 is 6.04 Å². The Morgan fingerprint density at radius 3 is 1.91 bits per heavy atom. The van der Waals surface area contributed by atoms with Crippen molar-refractivity contribution in [2.75, 3.05) is 0 Å². The molecule has 0 spiro atoms. The molecule has 0 amide bonds. The summed E-state index contributed by atoms with van der Waals surface area (Å²) in [5, 5.41) is 0. The van der Waals surface area contributed by atoms with Gasteiger partial charge in [0.05, 0.1) is 5.71 Å². The topological polar surface area (TPSA) is 38.7 Å². The quantitative estimate of drug-likeness (QED) is 0.118. The van der Waals surface area contributed by atoms with Gasteiger partial charge in [0.15, 0.2) is 6.04 Å². The van der Waals surface area contributed by atoms with Crippen LogP contribution in [0.5, 0.6) is 0 Å². The molecule has 0 saturated carbocycles. The Hall–Kier alpha value is -2.77. The fourth-order valence-electron chi connectivity index (χ4n) is 3.59. The van der Waals surface area contributed by atoms with Crippen molar-refractivity contribution >= 4 is 50.2 Å². The first-order valence-electron chi connectivity index (χ1n) is 10.9. The van der Waals surface area contributed by atoms with Crippen LogP contribution >= 0.6 is 38.5 Å². The van der Waals surface area contributed by atoms with Gasteiger partial charge in [-0.3, -0.25) is 4.99 Å². The number of aliphatic imine (C=N–C) groups is 1. The Balaban J connectivity index is 1.73. The number of benzene rings is 4. The molecule has 0 bridgehead atoms. The average molecular weight is 624 g/mol. The lowest BCUT2D eigenvalue weighted by Crippen LogP contribution is -2.26. The highest BCUT2D eigenvalue weighted by molar-refractivity contribution is 14.1. The maximum Gasteiger partial charge on any atom is 0.331 e. The van der Waals surface area contributed by atoms with Crippen LogP contribution in [-0.2, 0) is 22.6 Å². The van der Waals surface area contributed by atoms with Crippen LogP contribution in [0.1, 0.15) is 22.3 Å². The van der Waals surface area contributed by atoms with Crippen molar-refractivity contribution in [1.29, 1.82) is 0 Å². The van der Waals surface area contributed by atoms with Gasteiger partial charge in [-0.1, -0.05) is 113 Å². The van der Waals surface area contributed by atoms with Crippen molar-refractivity contribution in [3.8, 4) is 0 Å². The zero-order valence-corrected chi connectivity index (χ0v) is 22.1. The van der Waals surface area contributed by atoms with Gasteiger partial charge in [-0.25, -0.2) is 4.79 Å². The predicted octanol–water partition coefficient (Wildman–Crippen LogP) is 7.25. The molecule has 0 heterocycles. The molecule has 0 radical (unpaired) electrons. The molecule has 3 nitrogen and oxygen atoms in total. The van der Waals surface area contributed by atoms with Crippen molar-refractivity contribution in [1.82, 2.24) is 0 Å². The molecule has 0 aliphatic heterocycles. The molecule has 0 N–H and O–H groups in total.